The molecule has 0 aliphatic heterocycles. The Bertz CT molecular complexity index is 1120. The zero-order valence-electron chi connectivity index (χ0n) is 15.5. The zero-order valence-corrected chi connectivity index (χ0v) is 16.3. The van der Waals surface area contributed by atoms with Gasteiger partial charge in [0.15, 0.2) is 0 Å². The van der Waals surface area contributed by atoms with Crippen LogP contribution in [0.25, 0.3) is 22.2 Å². The van der Waals surface area contributed by atoms with Crippen molar-refractivity contribution < 1.29 is 4.79 Å². The largest absolute Gasteiger partial charge is 0.350 e. The second-order valence-electron chi connectivity index (χ2n) is 6.80. The van der Waals surface area contributed by atoms with Crippen LogP contribution in [-0.4, -0.2) is 15.7 Å². The fraction of sp³-hybridized carbons (Fsp3) is 0.130. The summed E-state index contributed by atoms with van der Waals surface area (Å²) < 4.78 is 1.73. The van der Waals surface area contributed by atoms with Gasteiger partial charge in [0.25, 0.3) is 0 Å². The lowest BCUT2D eigenvalue weighted by atomic mass is 10.1. The molecular weight excluding hydrogens is 370 g/mol. The van der Waals surface area contributed by atoms with E-state index in [4.69, 9.17) is 16.7 Å². The summed E-state index contributed by atoms with van der Waals surface area (Å²) >= 11 is 6.21. The lowest BCUT2D eigenvalue weighted by Crippen LogP contribution is -2.27. The van der Waals surface area contributed by atoms with Crippen LogP contribution in [0, 0.1) is 6.92 Å². The fourth-order valence-corrected chi connectivity index (χ4v) is 3.35. The van der Waals surface area contributed by atoms with Gasteiger partial charge in [0.1, 0.15) is 12.2 Å². The van der Waals surface area contributed by atoms with Gasteiger partial charge in [-0.3, -0.25) is 9.48 Å². The molecule has 0 bridgehead atoms. The van der Waals surface area contributed by atoms with Crippen molar-refractivity contribution >= 4 is 28.4 Å². The van der Waals surface area contributed by atoms with Gasteiger partial charge in [-0.2, -0.15) is 5.10 Å². The van der Waals surface area contributed by atoms with Crippen molar-refractivity contribution in [3.05, 3.63) is 88.9 Å². The van der Waals surface area contributed by atoms with E-state index < -0.39 is 0 Å². The van der Waals surface area contributed by atoms with Gasteiger partial charge in [-0.15, -0.1) is 0 Å². The van der Waals surface area contributed by atoms with Crippen LogP contribution < -0.4 is 5.32 Å². The van der Waals surface area contributed by atoms with Crippen LogP contribution in [0.15, 0.2) is 72.8 Å². The SMILES string of the molecule is Cc1ccc(CNC(=O)Cn2nc(-c3ccccc3)c3cc(Cl)ccc32)cc1. The highest BCUT2D eigenvalue weighted by Crippen LogP contribution is 2.30. The molecule has 0 atom stereocenters. The Balaban J connectivity index is 1.58. The maximum Gasteiger partial charge on any atom is 0.242 e. The number of nitrogens with one attached hydrogen (secondary N) is 1. The van der Waals surface area contributed by atoms with Gasteiger partial charge in [0, 0.05) is 22.5 Å². The maximum absolute atomic E-state index is 12.5. The number of nitrogens with zero attached hydrogens (tertiary/aromatic N) is 2. The van der Waals surface area contributed by atoms with E-state index in [1.165, 1.54) is 5.56 Å². The summed E-state index contributed by atoms with van der Waals surface area (Å²) in [6, 6.07) is 23.7. The predicted molar refractivity (Wildman–Crippen MR) is 113 cm³/mol. The first-order valence-corrected chi connectivity index (χ1v) is 9.52. The second-order valence-corrected chi connectivity index (χ2v) is 7.23. The molecule has 0 unspecified atom stereocenters. The van der Waals surface area contributed by atoms with E-state index in [9.17, 15) is 4.79 Å². The van der Waals surface area contributed by atoms with Crippen LogP contribution in [0.5, 0.6) is 0 Å². The molecule has 1 aromatic heterocycles. The quantitative estimate of drug-likeness (QED) is 0.523. The molecule has 1 amide bonds. The number of carbonyl (C=O) groups is 1. The number of hydrogen-bond acceptors (Lipinski definition) is 2. The number of amides is 1. The van der Waals surface area contributed by atoms with E-state index in [2.05, 4.69) is 5.32 Å². The molecule has 0 radical (unpaired) electrons. The van der Waals surface area contributed by atoms with Crippen molar-refractivity contribution in [2.24, 2.45) is 0 Å². The van der Waals surface area contributed by atoms with E-state index >= 15 is 0 Å². The number of benzene rings is 3. The van der Waals surface area contributed by atoms with Gasteiger partial charge < -0.3 is 5.32 Å². The summed E-state index contributed by atoms with van der Waals surface area (Å²) in [5, 5.41) is 9.25. The van der Waals surface area contributed by atoms with Crippen LogP contribution >= 0.6 is 11.6 Å². The molecule has 4 nitrogen and oxygen atoms in total. The summed E-state index contributed by atoms with van der Waals surface area (Å²) in [5.41, 5.74) is 4.97. The molecule has 5 heteroatoms. The maximum atomic E-state index is 12.5. The Kier molecular flexibility index (Phi) is 5.13. The first-order chi connectivity index (χ1) is 13.6. The van der Waals surface area contributed by atoms with Gasteiger partial charge in [0.05, 0.1) is 5.52 Å². The molecule has 0 fully saturated rings. The van der Waals surface area contributed by atoms with E-state index in [0.717, 1.165) is 27.7 Å². The molecule has 140 valence electrons. The number of hydrogen-bond donors (Lipinski definition) is 1. The molecule has 0 saturated heterocycles. The van der Waals surface area contributed by atoms with Crippen LogP contribution in [0.1, 0.15) is 11.1 Å². The summed E-state index contributed by atoms with van der Waals surface area (Å²) in [4.78, 5) is 12.5. The van der Waals surface area contributed by atoms with Gasteiger partial charge in [0.2, 0.25) is 5.91 Å². The second kappa shape index (κ2) is 7.87. The van der Waals surface area contributed by atoms with Gasteiger partial charge >= 0.3 is 0 Å². The first-order valence-electron chi connectivity index (χ1n) is 9.14. The van der Waals surface area contributed by atoms with Crippen molar-refractivity contribution in [2.75, 3.05) is 0 Å². The number of rotatable bonds is 5. The minimum atomic E-state index is -0.0838. The number of fused-ring (bicyclic) bond motifs is 1. The third kappa shape index (κ3) is 3.92. The average Bonchev–Trinajstić information content (AvgIpc) is 3.05. The van der Waals surface area contributed by atoms with E-state index in [0.29, 0.717) is 11.6 Å². The van der Waals surface area contributed by atoms with E-state index in [1.807, 2.05) is 79.7 Å². The molecule has 28 heavy (non-hydrogen) atoms. The van der Waals surface area contributed by atoms with Crippen molar-refractivity contribution in [1.82, 2.24) is 15.1 Å². The Hall–Kier alpha value is -3.11. The monoisotopic (exact) mass is 389 g/mol. The molecule has 0 spiro atoms. The molecule has 1 heterocycles. The molecular formula is C23H20ClN3O. The van der Waals surface area contributed by atoms with E-state index in [1.54, 1.807) is 4.68 Å². The van der Waals surface area contributed by atoms with Crippen LogP contribution in [0.4, 0.5) is 0 Å². The Morgan fingerprint density at radius 3 is 2.54 bits per heavy atom. The topological polar surface area (TPSA) is 46.9 Å². The lowest BCUT2D eigenvalue weighted by Gasteiger charge is -2.07. The molecule has 0 saturated carbocycles. The third-order valence-electron chi connectivity index (χ3n) is 4.66. The predicted octanol–water partition coefficient (Wildman–Crippen LogP) is 4.98. The van der Waals surface area contributed by atoms with Crippen molar-refractivity contribution in [2.45, 2.75) is 20.0 Å². The average molecular weight is 390 g/mol. The smallest absolute Gasteiger partial charge is 0.242 e. The molecule has 0 aliphatic rings. The van der Waals surface area contributed by atoms with Gasteiger partial charge in [-0.05, 0) is 30.7 Å². The highest BCUT2D eigenvalue weighted by molar-refractivity contribution is 6.31. The number of halogens is 1. The molecule has 1 N–H and O–H groups in total. The van der Waals surface area contributed by atoms with Crippen molar-refractivity contribution in [3.8, 4) is 11.3 Å². The summed E-state index contributed by atoms with van der Waals surface area (Å²) in [6.07, 6.45) is 0. The highest BCUT2D eigenvalue weighted by atomic mass is 35.5. The first kappa shape index (κ1) is 18.3. The number of aromatic nitrogens is 2. The Labute approximate surface area is 168 Å². The molecule has 0 aliphatic carbocycles. The normalized spacial score (nSPS) is 10.9. The van der Waals surface area contributed by atoms with Gasteiger partial charge in [-0.25, -0.2) is 0 Å². The van der Waals surface area contributed by atoms with Crippen LogP contribution in [-0.2, 0) is 17.9 Å². The Morgan fingerprint density at radius 2 is 1.79 bits per heavy atom. The minimum absolute atomic E-state index is 0.0838. The number of carbonyl (C=O) groups excluding carboxylic acids is 1. The summed E-state index contributed by atoms with van der Waals surface area (Å²) in [7, 11) is 0. The van der Waals surface area contributed by atoms with Crippen molar-refractivity contribution in [3.63, 3.8) is 0 Å². The molecule has 4 rings (SSSR count). The summed E-state index contributed by atoms with van der Waals surface area (Å²) in [6.45, 7) is 2.69. The standard InChI is InChI=1S/C23H20ClN3O/c1-16-7-9-17(10-8-16)14-25-22(28)15-27-21-12-11-19(24)13-20(21)23(26-27)18-5-3-2-4-6-18/h2-13H,14-15H2,1H3,(H,25,28). The number of aryl methyl sites for hydroxylation is 1. The molecule has 4 aromatic rings. The third-order valence-corrected chi connectivity index (χ3v) is 4.90. The minimum Gasteiger partial charge on any atom is -0.350 e. The van der Waals surface area contributed by atoms with E-state index in [-0.39, 0.29) is 12.5 Å². The molecule has 3 aromatic carbocycles. The summed E-state index contributed by atoms with van der Waals surface area (Å²) in [5.74, 6) is -0.0838. The lowest BCUT2D eigenvalue weighted by molar-refractivity contribution is -0.121. The zero-order chi connectivity index (χ0) is 19.5. The van der Waals surface area contributed by atoms with Crippen LogP contribution in [0.3, 0.4) is 0 Å². The van der Waals surface area contributed by atoms with Gasteiger partial charge in [-0.1, -0.05) is 71.8 Å². The van der Waals surface area contributed by atoms with Crippen LogP contribution in [0.2, 0.25) is 5.02 Å². The highest BCUT2D eigenvalue weighted by Gasteiger charge is 2.14. The Morgan fingerprint density at radius 1 is 1.04 bits per heavy atom. The van der Waals surface area contributed by atoms with Crippen molar-refractivity contribution in [1.29, 1.82) is 0 Å². The fourth-order valence-electron chi connectivity index (χ4n) is 3.18.